The first-order chi connectivity index (χ1) is 9.06. The summed E-state index contributed by atoms with van der Waals surface area (Å²) in [5, 5.41) is 0.286. The van der Waals surface area contributed by atoms with E-state index in [2.05, 4.69) is 4.98 Å². The van der Waals surface area contributed by atoms with Gasteiger partial charge >= 0.3 is 0 Å². The first-order valence-corrected chi connectivity index (χ1v) is 6.75. The molecular weight excluding hydrogens is 269 g/mol. The zero-order chi connectivity index (χ0) is 13.6. The number of halogens is 2. The maximum Gasteiger partial charge on any atom is 0.227 e. The predicted octanol–water partition coefficient (Wildman–Crippen LogP) is 1.79. The van der Waals surface area contributed by atoms with Crippen molar-refractivity contribution in [2.24, 2.45) is 11.8 Å². The molecule has 6 heteroatoms. The number of carbonyl (C=O) groups is 1. The normalized spacial score (nSPS) is 26.8. The highest BCUT2D eigenvalue weighted by Crippen LogP contribution is 2.34. The number of nitrogens with zero attached hydrogens (tertiary/aromatic N) is 3. The number of hydrogen-bond acceptors (Lipinski definition) is 3. The Labute approximate surface area is 116 Å². The summed E-state index contributed by atoms with van der Waals surface area (Å²) in [7, 11) is 1.82. The van der Waals surface area contributed by atoms with Gasteiger partial charge in [0.25, 0.3) is 0 Å². The van der Waals surface area contributed by atoms with Gasteiger partial charge in [-0.2, -0.15) is 0 Å². The fourth-order valence-electron chi connectivity index (χ4n) is 3.01. The van der Waals surface area contributed by atoms with Crippen LogP contribution < -0.4 is 4.90 Å². The van der Waals surface area contributed by atoms with Crippen LogP contribution in [0.3, 0.4) is 0 Å². The van der Waals surface area contributed by atoms with Crippen molar-refractivity contribution in [1.82, 2.24) is 9.88 Å². The SMILES string of the molecule is CN1CC[C@@H]2CN(c3ncc(Cl)cc3F)C[C@@H]2C1=O. The third-order valence-corrected chi connectivity index (χ3v) is 4.26. The van der Waals surface area contributed by atoms with Crippen LogP contribution in [0.2, 0.25) is 5.02 Å². The number of pyridine rings is 1. The predicted molar refractivity (Wildman–Crippen MR) is 70.7 cm³/mol. The molecule has 0 aromatic carbocycles. The molecule has 0 aliphatic carbocycles. The Kier molecular flexibility index (Phi) is 3.09. The van der Waals surface area contributed by atoms with E-state index in [1.54, 1.807) is 4.90 Å². The number of aromatic nitrogens is 1. The van der Waals surface area contributed by atoms with Gasteiger partial charge in [0.15, 0.2) is 11.6 Å². The summed E-state index contributed by atoms with van der Waals surface area (Å²) in [6, 6.07) is 1.26. The summed E-state index contributed by atoms with van der Waals surface area (Å²) in [5.74, 6) is 0.311. The molecule has 3 heterocycles. The average molecular weight is 284 g/mol. The standard InChI is InChI=1S/C13H15ClFN3O/c1-17-3-2-8-6-18(7-10(8)13(17)19)12-11(15)4-9(14)5-16-12/h4-5,8,10H,2-3,6-7H2,1H3/t8-,10+/m1/s1. The first kappa shape index (κ1) is 12.7. The van der Waals surface area contributed by atoms with Gasteiger partial charge in [0, 0.05) is 32.9 Å². The van der Waals surface area contributed by atoms with Crippen LogP contribution in [0, 0.1) is 17.7 Å². The maximum atomic E-state index is 13.9. The molecule has 0 spiro atoms. The van der Waals surface area contributed by atoms with Crippen LogP contribution in [-0.2, 0) is 4.79 Å². The summed E-state index contributed by atoms with van der Waals surface area (Å²) in [6.45, 7) is 2.01. The lowest BCUT2D eigenvalue weighted by Gasteiger charge is -2.30. The van der Waals surface area contributed by atoms with E-state index in [-0.39, 0.29) is 16.8 Å². The highest BCUT2D eigenvalue weighted by molar-refractivity contribution is 6.30. The van der Waals surface area contributed by atoms with Crippen molar-refractivity contribution in [3.05, 3.63) is 23.1 Å². The van der Waals surface area contributed by atoms with Crippen LogP contribution in [-0.4, -0.2) is 42.5 Å². The van der Waals surface area contributed by atoms with Crippen molar-refractivity contribution in [2.75, 3.05) is 31.6 Å². The van der Waals surface area contributed by atoms with E-state index >= 15 is 0 Å². The molecule has 2 aliphatic heterocycles. The summed E-state index contributed by atoms with van der Waals surface area (Å²) in [4.78, 5) is 19.8. The van der Waals surface area contributed by atoms with Gasteiger partial charge in [0.05, 0.1) is 10.9 Å². The van der Waals surface area contributed by atoms with Crippen molar-refractivity contribution in [3.63, 3.8) is 0 Å². The van der Waals surface area contributed by atoms with Gasteiger partial charge < -0.3 is 9.80 Å². The molecule has 2 atom stereocenters. The van der Waals surface area contributed by atoms with Gasteiger partial charge in [0.1, 0.15) is 0 Å². The van der Waals surface area contributed by atoms with E-state index in [1.807, 2.05) is 11.9 Å². The Morgan fingerprint density at radius 3 is 3.00 bits per heavy atom. The summed E-state index contributed by atoms with van der Waals surface area (Å²) in [5.41, 5.74) is 0. The molecule has 2 fully saturated rings. The fourth-order valence-corrected chi connectivity index (χ4v) is 3.15. The molecule has 0 unspecified atom stereocenters. The zero-order valence-corrected chi connectivity index (χ0v) is 11.4. The highest BCUT2D eigenvalue weighted by atomic mass is 35.5. The summed E-state index contributed by atoms with van der Waals surface area (Å²) >= 11 is 5.71. The molecule has 3 rings (SSSR count). The van der Waals surface area contributed by atoms with Gasteiger partial charge in [-0.3, -0.25) is 4.79 Å². The van der Waals surface area contributed by atoms with E-state index in [4.69, 9.17) is 11.6 Å². The molecule has 2 saturated heterocycles. The number of fused-ring (bicyclic) bond motifs is 1. The lowest BCUT2D eigenvalue weighted by atomic mass is 9.88. The number of rotatable bonds is 1. The Bertz CT molecular complexity index is 525. The van der Waals surface area contributed by atoms with Crippen molar-refractivity contribution in [1.29, 1.82) is 0 Å². The Hall–Kier alpha value is -1.36. The van der Waals surface area contributed by atoms with E-state index in [0.29, 0.717) is 24.8 Å². The summed E-state index contributed by atoms with van der Waals surface area (Å²) in [6.07, 6.45) is 2.41. The molecule has 102 valence electrons. The first-order valence-electron chi connectivity index (χ1n) is 6.37. The molecule has 0 saturated carbocycles. The molecule has 2 aliphatic rings. The highest BCUT2D eigenvalue weighted by Gasteiger charge is 2.42. The second-order valence-corrected chi connectivity index (χ2v) is 5.72. The van der Waals surface area contributed by atoms with Crippen molar-refractivity contribution >= 4 is 23.3 Å². The smallest absolute Gasteiger partial charge is 0.227 e. The van der Waals surface area contributed by atoms with Crippen molar-refractivity contribution in [3.8, 4) is 0 Å². The number of likely N-dealkylation sites (tertiary alicyclic amines) is 1. The van der Waals surface area contributed by atoms with Crippen LogP contribution in [0.5, 0.6) is 0 Å². The zero-order valence-electron chi connectivity index (χ0n) is 10.6. The van der Waals surface area contributed by atoms with Crippen LogP contribution in [0.4, 0.5) is 10.2 Å². The van der Waals surface area contributed by atoms with Crippen molar-refractivity contribution < 1.29 is 9.18 Å². The van der Waals surface area contributed by atoms with Gasteiger partial charge in [0.2, 0.25) is 5.91 Å². The van der Waals surface area contributed by atoms with E-state index < -0.39 is 5.82 Å². The number of piperidine rings is 1. The molecule has 19 heavy (non-hydrogen) atoms. The quantitative estimate of drug-likeness (QED) is 0.788. The lowest BCUT2D eigenvalue weighted by molar-refractivity contribution is -0.137. The van der Waals surface area contributed by atoms with E-state index in [1.165, 1.54) is 12.3 Å². The molecule has 1 aromatic rings. The fraction of sp³-hybridized carbons (Fsp3) is 0.538. The minimum absolute atomic E-state index is 0.0318. The van der Waals surface area contributed by atoms with Crippen molar-refractivity contribution in [2.45, 2.75) is 6.42 Å². The third-order valence-electron chi connectivity index (χ3n) is 4.06. The third kappa shape index (κ3) is 2.16. The molecule has 4 nitrogen and oxygen atoms in total. The minimum atomic E-state index is -0.424. The lowest BCUT2D eigenvalue weighted by Crippen LogP contribution is -2.42. The van der Waals surface area contributed by atoms with Gasteiger partial charge in [-0.25, -0.2) is 9.37 Å². The van der Waals surface area contributed by atoms with Gasteiger partial charge in [-0.1, -0.05) is 11.6 Å². The molecule has 1 aromatic heterocycles. The Morgan fingerprint density at radius 1 is 1.47 bits per heavy atom. The molecule has 0 bridgehead atoms. The van der Waals surface area contributed by atoms with E-state index in [0.717, 1.165) is 13.0 Å². The number of hydrogen-bond donors (Lipinski definition) is 0. The topological polar surface area (TPSA) is 36.4 Å². The monoisotopic (exact) mass is 283 g/mol. The molecule has 0 N–H and O–H groups in total. The second kappa shape index (κ2) is 4.63. The summed E-state index contributed by atoms with van der Waals surface area (Å²) < 4.78 is 13.9. The minimum Gasteiger partial charge on any atom is -0.353 e. The average Bonchev–Trinajstić information content (AvgIpc) is 2.78. The van der Waals surface area contributed by atoms with Gasteiger partial charge in [-0.15, -0.1) is 0 Å². The molecule has 0 radical (unpaired) electrons. The number of anilines is 1. The molecule has 1 amide bonds. The largest absolute Gasteiger partial charge is 0.353 e. The Balaban J connectivity index is 1.83. The van der Waals surface area contributed by atoms with E-state index in [9.17, 15) is 9.18 Å². The van der Waals surface area contributed by atoms with Crippen LogP contribution >= 0.6 is 11.6 Å². The Morgan fingerprint density at radius 2 is 2.26 bits per heavy atom. The van der Waals surface area contributed by atoms with Crippen LogP contribution in [0.25, 0.3) is 0 Å². The van der Waals surface area contributed by atoms with Crippen LogP contribution in [0.1, 0.15) is 6.42 Å². The van der Waals surface area contributed by atoms with Gasteiger partial charge in [-0.05, 0) is 18.4 Å². The molecular formula is C13H15ClFN3O. The van der Waals surface area contributed by atoms with Crippen LogP contribution in [0.15, 0.2) is 12.3 Å². The second-order valence-electron chi connectivity index (χ2n) is 5.28. The maximum absolute atomic E-state index is 13.9. The number of carbonyl (C=O) groups excluding carboxylic acids is 1. The number of amides is 1.